The van der Waals surface area contributed by atoms with E-state index in [2.05, 4.69) is 0 Å². The van der Waals surface area contributed by atoms with E-state index < -0.39 is 0 Å². The molecule has 0 saturated carbocycles. The third-order valence-electron chi connectivity index (χ3n) is 2.31. The highest BCUT2D eigenvalue weighted by molar-refractivity contribution is 5.22. The van der Waals surface area contributed by atoms with Crippen molar-refractivity contribution in [3.8, 4) is 6.07 Å². The van der Waals surface area contributed by atoms with Gasteiger partial charge in [0.2, 0.25) is 0 Å². The molecule has 1 atom stereocenters. The number of allylic oxidation sites excluding steroid dienone is 2. The molecule has 1 aromatic carbocycles. The SMILES string of the molecule is N#CC1=CCCC(c2ccccc2)O1. The Balaban J connectivity index is 2.16. The number of ether oxygens (including phenoxy) is 1. The van der Waals surface area contributed by atoms with Gasteiger partial charge in [-0.2, -0.15) is 5.26 Å². The van der Waals surface area contributed by atoms with E-state index in [-0.39, 0.29) is 6.10 Å². The Morgan fingerprint density at radius 3 is 2.79 bits per heavy atom. The molecular formula is C12H11NO. The zero-order valence-corrected chi connectivity index (χ0v) is 7.81. The van der Waals surface area contributed by atoms with Crippen LogP contribution in [0.15, 0.2) is 42.2 Å². The molecule has 2 heteroatoms. The lowest BCUT2D eigenvalue weighted by Crippen LogP contribution is -2.07. The Hall–Kier alpha value is -1.75. The summed E-state index contributed by atoms with van der Waals surface area (Å²) < 4.78 is 5.52. The van der Waals surface area contributed by atoms with E-state index in [1.807, 2.05) is 42.5 Å². The topological polar surface area (TPSA) is 33.0 Å². The van der Waals surface area contributed by atoms with Crippen molar-refractivity contribution in [2.75, 3.05) is 0 Å². The highest BCUT2D eigenvalue weighted by Gasteiger charge is 2.17. The van der Waals surface area contributed by atoms with Crippen LogP contribution in [0.4, 0.5) is 0 Å². The molecule has 0 fully saturated rings. The molecule has 1 aliphatic heterocycles. The van der Waals surface area contributed by atoms with Gasteiger partial charge in [0.1, 0.15) is 12.2 Å². The minimum absolute atomic E-state index is 0.0517. The van der Waals surface area contributed by atoms with Gasteiger partial charge >= 0.3 is 0 Å². The Morgan fingerprint density at radius 2 is 2.07 bits per heavy atom. The number of rotatable bonds is 1. The normalized spacial score (nSPS) is 20.5. The molecule has 14 heavy (non-hydrogen) atoms. The lowest BCUT2D eigenvalue weighted by atomic mass is 10.0. The molecule has 0 N–H and O–H groups in total. The van der Waals surface area contributed by atoms with Crippen LogP contribution in [0.3, 0.4) is 0 Å². The van der Waals surface area contributed by atoms with E-state index in [1.54, 1.807) is 0 Å². The van der Waals surface area contributed by atoms with Crippen molar-refractivity contribution in [2.24, 2.45) is 0 Å². The fraction of sp³-hybridized carbons (Fsp3) is 0.250. The monoisotopic (exact) mass is 185 g/mol. The molecule has 2 rings (SSSR count). The Labute approximate surface area is 83.4 Å². The maximum absolute atomic E-state index is 8.71. The molecule has 1 aliphatic rings. The van der Waals surface area contributed by atoms with E-state index in [4.69, 9.17) is 10.00 Å². The van der Waals surface area contributed by atoms with Gasteiger partial charge in [-0.15, -0.1) is 0 Å². The van der Waals surface area contributed by atoms with Crippen molar-refractivity contribution in [3.05, 3.63) is 47.7 Å². The molecule has 2 nitrogen and oxygen atoms in total. The summed E-state index contributed by atoms with van der Waals surface area (Å²) in [7, 11) is 0. The second-order valence-electron chi connectivity index (χ2n) is 3.27. The maximum Gasteiger partial charge on any atom is 0.193 e. The Kier molecular flexibility index (Phi) is 2.51. The van der Waals surface area contributed by atoms with Gasteiger partial charge in [0.15, 0.2) is 5.76 Å². The minimum atomic E-state index is 0.0517. The molecular weight excluding hydrogens is 174 g/mol. The highest BCUT2D eigenvalue weighted by atomic mass is 16.5. The second kappa shape index (κ2) is 3.97. The molecule has 0 bridgehead atoms. The third-order valence-corrected chi connectivity index (χ3v) is 2.31. The number of benzene rings is 1. The van der Waals surface area contributed by atoms with Gasteiger partial charge in [-0.1, -0.05) is 30.3 Å². The summed E-state index contributed by atoms with van der Waals surface area (Å²) in [6.45, 7) is 0. The number of hydrogen-bond donors (Lipinski definition) is 0. The summed E-state index contributed by atoms with van der Waals surface area (Å²) in [5, 5.41) is 8.71. The quantitative estimate of drug-likeness (QED) is 0.673. The summed E-state index contributed by atoms with van der Waals surface area (Å²) in [5.74, 6) is 0.449. The standard InChI is InChI=1S/C12H11NO/c13-9-11-7-4-8-12(14-11)10-5-2-1-3-6-10/h1-3,5-7,12H,4,8H2. The van der Waals surface area contributed by atoms with Crippen LogP contribution in [-0.2, 0) is 4.74 Å². The van der Waals surface area contributed by atoms with Crippen LogP contribution in [0.2, 0.25) is 0 Å². The van der Waals surface area contributed by atoms with Crippen molar-refractivity contribution >= 4 is 0 Å². The van der Waals surface area contributed by atoms with Crippen LogP contribution in [-0.4, -0.2) is 0 Å². The molecule has 1 aromatic rings. The first-order chi connectivity index (χ1) is 6.90. The van der Waals surface area contributed by atoms with E-state index in [9.17, 15) is 0 Å². The zero-order valence-electron chi connectivity index (χ0n) is 7.81. The molecule has 70 valence electrons. The zero-order chi connectivity index (χ0) is 9.80. The maximum atomic E-state index is 8.71. The molecule has 0 radical (unpaired) electrons. The number of nitrogens with zero attached hydrogens (tertiary/aromatic N) is 1. The smallest absolute Gasteiger partial charge is 0.193 e. The van der Waals surface area contributed by atoms with Crippen LogP contribution < -0.4 is 0 Å². The second-order valence-corrected chi connectivity index (χ2v) is 3.27. The predicted molar refractivity (Wildman–Crippen MR) is 53.2 cm³/mol. The van der Waals surface area contributed by atoms with Crippen LogP contribution in [0, 0.1) is 11.3 Å². The number of hydrogen-bond acceptors (Lipinski definition) is 2. The van der Waals surface area contributed by atoms with Gasteiger partial charge in [-0.3, -0.25) is 0 Å². The van der Waals surface area contributed by atoms with E-state index >= 15 is 0 Å². The van der Waals surface area contributed by atoms with Crippen LogP contribution in [0.5, 0.6) is 0 Å². The highest BCUT2D eigenvalue weighted by Crippen LogP contribution is 2.29. The van der Waals surface area contributed by atoms with E-state index in [0.717, 1.165) is 18.4 Å². The van der Waals surface area contributed by atoms with Crippen molar-refractivity contribution < 1.29 is 4.74 Å². The Morgan fingerprint density at radius 1 is 1.29 bits per heavy atom. The summed E-state index contributed by atoms with van der Waals surface area (Å²) in [6.07, 6.45) is 3.77. The molecule has 0 saturated heterocycles. The van der Waals surface area contributed by atoms with E-state index in [1.165, 1.54) is 0 Å². The van der Waals surface area contributed by atoms with Gasteiger partial charge in [0.25, 0.3) is 0 Å². The Bertz CT molecular complexity index is 375. The number of nitriles is 1. The lowest BCUT2D eigenvalue weighted by molar-refractivity contribution is 0.107. The largest absolute Gasteiger partial charge is 0.476 e. The molecule has 0 amide bonds. The van der Waals surface area contributed by atoms with Gasteiger partial charge in [0.05, 0.1) is 0 Å². The average Bonchev–Trinajstić information content (AvgIpc) is 2.30. The fourth-order valence-corrected chi connectivity index (χ4v) is 1.60. The summed E-state index contributed by atoms with van der Waals surface area (Å²) in [4.78, 5) is 0. The van der Waals surface area contributed by atoms with Crippen molar-refractivity contribution in [1.82, 2.24) is 0 Å². The van der Waals surface area contributed by atoms with Crippen LogP contribution in [0.25, 0.3) is 0 Å². The first kappa shape index (κ1) is 8.83. The summed E-state index contributed by atoms with van der Waals surface area (Å²) in [6, 6.07) is 12.1. The predicted octanol–water partition coefficient (Wildman–Crippen LogP) is 2.95. The molecule has 1 heterocycles. The minimum Gasteiger partial charge on any atom is -0.476 e. The van der Waals surface area contributed by atoms with Crippen molar-refractivity contribution in [3.63, 3.8) is 0 Å². The lowest BCUT2D eigenvalue weighted by Gasteiger charge is -2.21. The summed E-state index contributed by atoms with van der Waals surface area (Å²) >= 11 is 0. The molecule has 0 aromatic heterocycles. The fourth-order valence-electron chi connectivity index (χ4n) is 1.60. The molecule has 1 unspecified atom stereocenters. The van der Waals surface area contributed by atoms with Crippen molar-refractivity contribution in [1.29, 1.82) is 5.26 Å². The van der Waals surface area contributed by atoms with E-state index in [0.29, 0.717) is 5.76 Å². The van der Waals surface area contributed by atoms with Crippen molar-refractivity contribution in [2.45, 2.75) is 18.9 Å². The first-order valence-corrected chi connectivity index (χ1v) is 4.72. The van der Waals surface area contributed by atoms with Gasteiger partial charge in [-0.05, 0) is 24.5 Å². The molecule has 0 aliphatic carbocycles. The average molecular weight is 185 g/mol. The molecule has 0 spiro atoms. The summed E-state index contributed by atoms with van der Waals surface area (Å²) in [5.41, 5.74) is 1.15. The first-order valence-electron chi connectivity index (χ1n) is 4.72. The van der Waals surface area contributed by atoms with Crippen LogP contribution >= 0.6 is 0 Å². The van der Waals surface area contributed by atoms with Crippen LogP contribution in [0.1, 0.15) is 24.5 Å². The third kappa shape index (κ3) is 1.77. The van der Waals surface area contributed by atoms with Gasteiger partial charge < -0.3 is 4.74 Å². The van der Waals surface area contributed by atoms with Gasteiger partial charge in [-0.25, -0.2) is 0 Å². The van der Waals surface area contributed by atoms with Gasteiger partial charge in [0, 0.05) is 0 Å².